The van der Waals surface area contributed by atoms with Crippen molar-refractivity contribution in [2.45, 2.75) is 20.8 Å². The molecule has 0 amide bonds. The van der Waals surface area contributed by atoms with Crippen LogP contribution in [0.15, 0.2) is 11.9 Å². The highest BCUT2D eigenvalue weighted by Gasteiger charge is 2.14. The molecule has 0 spiro atoms. The summed E-state index contributed by atoms with van der Waals surface area (Å²) in [6.45, 7) is 6.63. The number of hydrogen-bond donors (Lipinski definition) is 3. The molecule has 0 aliphatic carbocycles. The number of hydrogen-bond acceptors (Lipinski definition) is 3. The number of nitrogens with one attached hydrogen (secondary N) is 3. The Balaban J connectivity index is 2.47. The van der Waals surface area contributed by atoms with Gasteiger partial charge in [-0.2, -0.15) is 5.53 Å². The van der Waals surface area contributed by atoms with Crippen LogP contribution in [-0.4, -0.2) is 0 Å². The quantitative estimate of drug-likeness (QED) is 0.530. The molecule has 1 aliphatic heterocycles. The van der Waals surface area contributed by atoms with Crippen molar-refractivity contribution in [1.29, 1.82) is 0 Å². The lowest BCUT2D eigenvalue weighted by Gasteiger charge is -2.15. The average molecular weight is 141 g/mol. The normalized spacial score (nSPS) is 19.8. The molecule has 0 aromatic rings. The predicted molar refractivity (Wildman–Crippen MR) is 41.5 cm³/mol. The Labute approximate surface area is 61.8 Å². The molecule has 10 heavy (non-hydrogen) atoms. The molecule has 0 saturated heterocycles. The van der Waals surface area contributed by atoms with Gasteiger partial charge in [-0.1, -0.05) is 20.8 Å². The van der Waals surface area contributed by atoms with E-state index in [0.29, 0.717) is 11.8 Å². The van der Waals surface area contributed by atoms with Crippen molar-refractivity contribution in [2.75, 3.05) is 0 Å². The molecular weight excluding hydrogens is 126 g/mol. The van der Waals surface area contributed by atoms with Crippen LogP contribution in [0.3, 0.4) is 0 Å². The number of hydrazine groups is 2. The van der Waals surface area contributed by atoms with E-state index >= 15 is 0 Å². The molecule has 0 fully saturated rings. The zero-order chi connectivity index (χ0) is 7.56. The van der Waals surface area contributed by atoms with E-state index in [1.165, 1.54) is 5.70 Å². The standard InChI is InChI=1S/C7H15N3/c1-5(2)6(3)7-4-8-10-9-7/h4-6,8-10H,1-3H3. The first kappa shape index (κ1) is 7.41. The van der Waals surface area contributed by atoms with Gasteiger partial charge in [-0.3, -0.25) is 0 Å². The van der Waals surface area contributed by atoms with Gasteiger partial charge in [-0.15, -0.1) is 0 Å². The third kappa shape index (κ3) is 1.42. The maximum Gasteiger partial charge on any atom is 0.0481 e. The van der Waals surface area contributed by atoms with Gasteiger partial charge in [0, 0.05) is 17.8 Å². The Bertz CT molecular complexity index is 140. The van der Waals surface area contributed by atoms with Crippen molar-refractivity contribution in [3.05, 3.63) is 11.9 Å². The third-order valence-electron chi connectivity index (χ3n) is 2.00. The SMILES string of the molecule is CC(C)C(C)C1=CNNN1. The number of allylic oxidation sites excluding steroid dienone is 1. The maximum atomic E-state index is 3.04. The molecule has 0 radical (unpaired) electrons. The van der Waals surface area contributed by atoms with Gasteiger partial charge in [-0.25, -0.2) is 0 Å². The van der Waals surface area contributed by atoms with Crippen LogP contribution in [0.2, 0.25) is 0 Å². The van der Waals surface area contributed by atoms with Crippen LogP contribution in [0, 0.1) is 11.8 Å². The van der Waals surface area contributed by atoms with Crippen LogP contribution in [0.1, 0.15) is 20.8 Å². The van der Waals surface area contributed by atoms with E-state index in [1.807, 2.05) is 6.20 Å². The molecule has 0 aromatic heterocycles. The molecular formula is C7H15N3. The molecule has 1 rings (SSSR count). The molecule has 1 heterocycles. The molecule has 58 valence electrons. The van der Waals surface area contributed by atoms with E-state index in [0.717, 1.165) is 0 Å². The summed E-state index contributed by atoms with van der Waals surface area (Å²) in [5.74, 6) is 1.27. The van der Waals surface area contributed by atoms with Gasteiger partial charge >= 0.3 is 0 Å². The first-order chi connectivity index (χ1) is 4.72. The summed E-state index contributed by atoms with van der Waals surface area (Å²) in [5, 5.41) is 0. The summed E-state index contributed by atoms with van der Waals surface area (Å²) in [4.78, 5) is 0. The topological polar surface area (TPSA) is 36.1 Å². The molecule has 1 atom stereocenters. The molecule has 3 heteroatoms. The Morgan fingerprint density at radius 1 is 1.30 bits per heavy atom. The molecule has 1 aliphatic rings. The smallest absolute Gasteiger partial charge is 0.0481 e. The fourth-order valence-electron chi connectivity index (χ4n) is 0.863. The molecule has 0 bridgehead atoms. The summed E-state index contributed by atoms with van der Waals surface area (Å²) >= 11 is 0. The second-order valence-corrected chi connectivity index (χ2v) is 3.03. The van der Waals surface area contributed by atoms with E-state index in [4.69, 9.17) is 0 Å². The van der Waals surface area contributed by atoms with Gasteiger partial charge in [0.1, 0.15) is 0 Å². The van der Waals surface area contributed by atoms with Crippen LogP contribution in [0.4, 0.5) is 0 Å². The molecule has 3 N–H and O–H groups in total. The van der Waals surface area contributed by atoms with E-state index in [1.54, 1.807) is 0 Å². The van der Waals surface area contributed by atoms with Crippen molar-refractivity contribution in [3.63, 3.8) is 0 Å². The van der Waals surface area contributed by atoms with Crippen molar-refractivity contribution >= 4 is 0 Å². The summed E-state index contributed by atoms with van der Waals surface area (Å²) in [6, 6.07) is 0. The molecule has 1 unspecified atom stereocenters. The molecule has 0 saturated carbocycles. The maximum absolute atomic E-state index is 3.04. The highest BCUT2D eigenvalue weighted by molar-refractivity contribution is 5.04. The minimum Gasteiger partial charge on any atom is -0.310 e. The lowest BCUT2D eigenvalue weighted by atomic mass is 9.95. The lowest BCUT2D eigenvalue weighted by molar-refractivity contribution is 0.443. The van der Waals surface area contributed by atoms with Crippen molar-refractivity contribution in [2.24, 2.45) is 11.8 Å². The number of rotatable bonds is 2. The highest BCUT2D eigenvalue weighted by Crippen LogP contribution is 2.16. The second kappa shape index (κ2) is 2.92. The van der Waals surface area contributed by atoms with Crippen LogP contribution in [0.5, 0.6) is 0 Å². The lowest BCUT2D eigenvalue weighted by Crippen LogP contribution is -2.33. The van der Waals surface area contributed by atoms with Crippen molar-refractivity contribution < 1.29 is 0 Å². The molecule has 0 aromatic carbocycles. The fourth-order valence-corrected chi connectivity index (χ4v) is 0.863. The molecule has 3 nitrogen and oxygen atoms in total. The monoisotopic (exact) mass is 141 g/mol. The minimum absolute atomic E-state index is 0.586. The summed E-state index contributed by atoms with van der Waals surface area (Å²) in [6.07, 6.45) is 1.96. The second-order valence-electron chi connectivity index (χ2n) is 3.03. The fraction of sp³-hybridized carbons (Fsp3) is 0.714. The van der Waals surface area contributed by atoms with Crippen LogP contribution < -0.4 is 16.4 Å². The third-order valence-corrected chi connectivity index (χ3v) is 2.00. The zero-order valence-electron chi connectivity index (χ0n) is 6.73. The largest absolute Gasteiger partial charge is 0.310 e. The van der Waals surface area contributed by atoms with Crippen LogP contribution in [0.25, 0.3) is 0 Å². The Kier molecular flexibility index (Phi) is 2.17. The Hall–Kier alpha value is -0.700. The first-order valence-corrected chi connectivity index (χ1v) is 3.68. The van der Waals surface area contributed by atoms with Crippen molar-refractivity contribution in [1.82, 2.24) is 16.4 Å². The van der Waals surface area contributed by atoms with E-state index in [2.05, 4.69) is 37.2 Å². The summed E-state index contributed by atoms with van der Waals surface area (Å²) in [7, 11) is 0. The van der Waals surface area contributed by atoms with Crippen LogP contribution in [-0.2, 0) is 0 Å². The summed E-state index contributed by atoms with van der Waals surface area (Å²) < 4.78 is 0. The van der Waals surface area contributed by atoms with Gasteiger partial charge < -0.3 is 10.9 Å². The predicted octanol–water partition coefficient (Wildman–Crippen LogP) is 0.732. The summed E-state index contributed by atoms with van der Waals surface area (Å²) in [5.41, 5.74) is 9.97. The van der Waals surface area contributed by atoms with E-state index in [-0.39, 0.29) is 0 Å². The van der Waals surface area contributed by atoms with Gasteiger partial charge in [0.25, 0.3) is 0 Å². The van der Waals surface area contributed by atoms with Gasteiger partial charge in [0.15, 0.2) is 0 Å². The Morgan fingerprint density at radius 3 is 2.40 bits per heavy atom. The van der Waals surface area contributed by atoms with Crippen LogP contribution >= 0.6 is 0 Å². The van der Waals surface area contributed by atoms with E-state index in [9.17, 15) is 0 Å². The van der Waals surface area contributed by atoms with Crippen molar-refractivity contribution in [3.8, 4) is 0 Å². The Morgan fingerprint density at radius 2 is 2.00 bits per heavy atom. The average Bonchev–Trinajstić information content (AvgIpc) is 2.36. The first-order valence-electron chi connectivity index (χ1n) is 3.68. The zero-order valence-corrected chi connectivity index (χ0v) is 6.73. The van der Waals surface area contributed by atoms with Gasteiger partial charge in [-0.05, 0) is 5.92 Å². The van der Waals surface area contributed by atoms with Gasteiger partial charge in [0.2, 0.25) is 0 Å². The van der Waals surface area contributed by atoms with Gasteiger partial charge in [0.05, 0.1) is 0 Å². The minimum atomic E-state index is 0.586. The highest BCUT2D eigenvalue weighted by atomic mass is 15.6. The van der Waals surface area contributed by atoms with E-state index < -0.39 is 0 Å².